The van der Waals surface area contributed by atoms with Crippen LogP contribution in [0.25, 0.3) is 0 Å². The Morgan fingerprint density at radius 1 is 1.50 bits per heavy atom. The van der Waals surface area contributed by atoms with E-state index in [0.29, 0.717) is 12.7 Å². The Kier molecular flexibility index (Phi) is 5.23. The Hall–Kier alpha value is -0.840. The van der Waals surface area contributed by atoms with E-state index in [1.807, 2.05) is 19.1 Å². The molecule has 2 atom stereocenters. The molecule has 1 N–H and O–H groups in total. The van der Waals surface area contributed by atoms with Gasteiger partial charge in [-0.15, -0.1) is 0 Å². The van der Waals surface area contributed by atoms with Gasteiger partial charge in [0.15, 0.2) is 0 Å². The smallest absolute Gasteiger partial charge is 0.120 e. The van der Waals surface area contributed by atoms with Crippen LogP contribution in [0.3, 0.4) is 0 Å². The van der Waals surface area contributed by atoms with Crippen LogP contribution in [0, 0.1) is 6.92 Å². The summed E-state index contributed by atoms with van der Waals surface area (Å²) in [5, 5.41) is 3.38. The van der Waals surface area contributed by atoms with Gasteiger partial charge in [0.2, 0.25) is 0 Å². The first-order valence-electron chi connectivity index (χ1n) is 6.75. The molecule has 18 heavy (non-hydrogen) atoms. The summed E-state index contributed by atoms with van der Waals surface area (Å²) in [4.78, 5) is 0. The molecule has 4 nitrogen and oxygen atoms in total. The number of furan rings is 1. The van der Waals surface area contributed by atoms with Gasteiger partial charge in [-0.2, -0.15) is 0 Å². The van der Waals surface area contributed by atoms with Gasteiger partial charge in [-0.1, -0.05) is 0 Å². The van der Waals surface area contributed by atoms with Gasteiger partial charge in [-0.3, -0.25) is 0 Å². The number of hydrogen-bond donors (Lipinski definition) is 1. The van der Waals surface area contributed by atoms with Gasteiger partial charge in [-0.25, -0.2) is 0 Å². The fourth-order valence-corrected chi connectivity index (χ4v) is 2.12. The second kappa shape index (κ2) is 6.92. The Morgan fingerprint density at radius 2 is 2.39 bits per heavy atom. The van der Waals surface area contributed by atoms with Gasteiger partial charge < -0.3 is 19.2 Å². The lowest BCUT2D eigenvalue weighted by atomic mass is 10.2. The quantitative estimate of drug-likeness (QED) is 0.758. The Bertz CT molecular complexity index is 345. The Balaban J connectivity index is 1.54. The molecule has 0 spiro atoms. The average molecular weight is 253 g/mol. The highest BCUT2D eigenvalue weighted by Crippen LogP contribution is 2.15. The minimum absolute atomic E-state index is 0.227. The SMILES string of the molecule is Cc1ccc([C@@H](C)NCCOC[C@@H]2CCCO2)o1. The molecule has 0 aliphatic carbocycles. The van der Waals surface area contributed by atoms with E-state index in [9.17, 15) is 0 Å². The topological polar surface area (TPSA) is 43.6 Å². The minimum Gasteiger partial charge on any atom is -0.465 e. The maximum Gasteiger partial charge on any atom is 0.120 e. The lowest BCUT2D eigenvalue weighted by Crippen LogP contribution is -2.24. The van der Waals surface area contributed by atoms with Gasteiger partial charge in [0, 0.05) is 13.2 Å². The third-order valence-electron chi connectivity index (χ3n) is 3.21. The van der Waals surface area contributed by atoms with Crippen molar-refractivity contribution in [3.8, 4) is 0 Å². The summed E-state index contributed by atoms with van der Waals surface area (Å²) in [6, 6.07) is 4.23. The van der Waals surface area contributed by atoms with Crippen LogP contribution in [0.5, 0.6) is 0 Å². The van der Waals surface area contributed by atoms with Crippen molar-refractivity contribution in [2.24, 2.45) is 0 Å². The third-order valence-corrected chi connectivity index (χ3v) is 3.21. The summed E-state index contributed by atoms with van der Waals surface area (Å²) >= 11 is 0. The first-order valence-corrected chi connectivity index (χ1v) is 6.75. The second-order valence-electron chi connectivity index (χ2n) is 4.83. The molecule has 4 heteroatoms. The summed E-state index contributed by atoms with van der Waals surface area (Å²) in [5.74, 6) is 1.93. The molecule has 102 valence electrons. The van der Waals surface area contributed by atoms with E-state index in [1.165, 1.54) is 6.42 Å². The van der Waals surface area contributed by atoms with Crippen LogP contribution in [0.1, 0.15) is 37.3 Å². The molecule has 0 bridgehead atoms. The van der Waals surface area contributed by atoms with E-state index in [0.717, 1.165) is 37.7 Å². The molecule has 0 aromatic carbocycles. The molecule has 0 radical (unpaired) electrons. The molecule has 0 amide bonds. The van der Waals surface area contributed by atoms with E-state index in [4.69, 9.17) is 13.9 Å². The van der Waals surface area contributed by atoms with E-state index >= 15 is 0 Å². The zero-order valence-corrected chi connectivity index (χ0v) is 11.3. The predicted molar refractivity (Wildman–Crippen MR) is 69.7 cm³/mol. The highest BCUT2D eigenvalue weighted by atomic mass is 16.5. The molecule has 1 saturated heterocycles. The normalized spacial score (nSPS) is 21.3. The summed E-state index contributed by atoms with van der Waals surface area (Å²) in [5.41, 5.74) is 0. The molecule has 1 aliphatic heterocycles. The van der Waals surface area contributed by atoms with E-state index < -0.39 is 0 Å². The first kappa shape index (κ1) is 13.6. The van der Waals surface area contributed by atoms with Crippen molar-refractivity contribution in [3.63, 3.8) is 0 Å². The van der Waals surface area contributed by atoms with Crippen molar-refractivity contribution in [2.75, 3.05) is 26.4 Å². The van der Waals surface area contributed by atoms with Gasteiger partial charge in [0.1, 0.15) is 11.5 Å². The highest BCUT2D eigenvalue weighted by Gasteiger charge is 2.15. The van der Waals surface area contributed by atoms with Crippen molar-refractivity contribution >= 4 is 0 Å². The molecule has 1 aliphatic rings. The summed E-state index contributed by atoms with van der Waals surface area (Å²) < 4.78 is 16.6. The van der Waals surface area contributed by atoms with E-state index in [-0.39, 0.29) is 6.04 Å². The Morgan fingerprint density at radius 3 is 3.06 bits per heavy atom. The molecule has 0 unspecified atom stereocenters. The molecule has 2 rings (SSSR count). The third kappa shape index (κ3) is 4.12. The minimum atomic E-state index is 0.227. The second-order valence-corrected chi connectivity index (χ2v) is 4.83. The zero-order chi connectivity index (χ0) is 12.8. The van der Waals surface area contributed by atoms with E-state index in [1.54, 1.807) is 0 Å². The Labute approximate surface area is 109 Å². The van der Waals surface area contributed by atoms with Crippen LogP contribution in [0.4, 0.5) is 0 Å². The number of ether oxygens (including phenoxy) is 2. The monoisotopic (exact) mass is 253 g/mol. The van der Waals surface area contributed by atoms with Crippen LogP contribution in [0.15, 0.2) is 16.5 Å². The van der Waals surface area contributed by atoms with E-state index in [2.05, 4.69) is 12.2 Å². The molecule has 1 aromatic rings. The lowest BCUT2D eigenvalue weighted by Gasteiger charge is -2.13. The van der Waals surface area contributed by atoms with Gasteiger partial charge in [0.05, 0.1) is 25.4 Å². The van der Waals surface area contributed by atoms with Gasteiger partial charge in [-0.05, 0) is 38.8 Å². The highest BCUT2D eigenvalue weighted by molar-refractivity contribution is 5.08. The molecular weight excluding hydrogens is 230 g/mol. The number of hydrogen-bond acceptors (Lipinski definition) is 4. The van der Waals surface area contributed by atoms with Crippen molar-refractivity contribution in [2.45, 2.75) is 38.8 Å². The summed E-state index contributed by atoms with van der Waals surface area (Å²) in [6.07, 6.45) is 2.62. The number of aryl methyl sites for hydroxylation is 1. The maximum absolute atomic E-state index is 5.59. The summed E-state index contributed by atoms with van der Waals surface area (Å²) in [6.45, 7) is 7.20. The van der Waals surface area contributed by atoms with Gasteiger partial charge in [0.25, 0.3) is 0 Å². The first-order chi connectivity index (χ1) is 8.75. The average Bonchev–Trinajstić information content (AvgIpc) is 2.99. The molecule has 1 aromatic heterocycles. The van der Waals surface area contributed by atoms with Gasteiger partial charge >= 0.3 is 0 Å². The van der Waals surface area contributed by atoms with Crippen molar-refractivity contribution < 1.29 is 13.9 Å². The van der Waals surface area contributed by atoms with Crippen LogP contribution >= 0.6 is 0 Å². The number of rotatable bonds is 7. The van der Waals surface area contributed by atoms with Crippen molar-refractivity contribution in [1.29, 1.82) is 0 Å². The standard InChI is InChI=1S/C14H23NO3/c1-11-5-6-14(18-11)12(2)15-7-9-16-10-13-4-3-8-17-13/h5-6,12-13,15H,3-4,7-10H2,1-2H3/t12-,13+/m1/s1. The maximum atomic E-state index is 5.59. The molecule has 1 fully saturated rings. The molecule has 0 saturated carbocycles. The summed E-state index contributed by atoms with van der Waals surface area (Å²) in [7, 11) is 0. The predicted octanol–water partition coefficient (Wildman–Crippen LogP) is 2.43. The molecular formula is C14H23NO3. The van der Waals surface area contributed by atoms with Crippen LogP contribution in [-0.2, 0) is 9.47 Å². The van der Waals surface area contributed by atoms with Crippen LogP contribution in [0.2, 0.25) is 0 Å². The van der Waals surface area contributed by atoms with Crippen LogP contribution < -0.4 is 5.32 Å². The van der Waals surface area contributed by atoms with Crippen LogP contribution in [-0.4, -0.2) is 32.5 Å². The fourth-order valence-electron chi connectivity index (χ4n) is 2.12. The lowest BCUT2D eigenvalue weighted by molar-refractivity contribution is 0.0178. The fraction of sp³-hybridized carbons (Fsp3) is 0.714. The van der Waals surface area contributed by atoms with Crippen molar-refractivity contribution in [1.82, 2.24) is 5.32 Å². The molecule has 2 heterocycles. The number of nitrogens with one attached hydrogen (secondary N) is 1. The van der Waals surface area contributed by atoms with Crippen molar-refractivity contribution in [3.05, 3.63) is 23.7 Å². The zero-order valence-electron chi connectivity index (χ0n) is 11.3. The largest absolute Gasteiger partial charge is 0.465 e.